The zero-order valence-electron chi connectivity index (χ0n) is 19.1. The van der Waals surface area contributed by atoms with E-state index in [2.05, 4.69) is 10.6 Å². The molecule has 3 amide bonds. The van der Waals surface area contributed by atoms with Gasteiger partial charge in [0.25, 0.3) is 5.91 Å². The maximum absolute atomic E-state index is 13.0. The minimum absolute atomic E-state index is 0.0634. The molecule has 1 unspecified atom stereocenters. The van der Waals surface area contributed by atoms with E-state index in [9.17, 15) is 27.6 Å². The van der Waals surface area contributed by atoms with Gasteiger partial charge in [-0.1, -0.05) is 60.7 Å². The number of benzene rings is 2. The SMILES string of the molecule is COC(CNC(=O)C(=Cc1ccccc1)NC(=O)C(Cc1ccccc1)NC(=O)C(F)(F)F)OC. The first-order chi connectivity index (χ1) is 16.6. The Bertz CT molecular complexity index is 1010. The van der Waals surface area contributed by atoms with Crippen LogP contribution in [0.2, 0.25) is 0 Å². The van der Waals surface area contributed by atoms with Gasteiger partial charge in [-0.15, -0.1) is 0 Å². The summed E-state index contributed by atoms with van der Waals surface area (Å²) in [4.78, 5) is 37.4. The second-order valence-electron chi connectivity index (χ2n) is 7.28. The van der Waals surface area contributed by atoms with Crippen molar-refractivity contribution in [2.45, 2.75) is 24.9 Å². The number of nitrogens with one attached hydrogen (secondary N) is 3. The van der Waals surface area contributed by atoms with Gasteiger partial charge in [-0.3, -0.25) is 14.4 Å². The van der Waals surface area contributed by atoms with E-state index in [0.717, 1.165) is 0 Å². The van der Waals surface area contributed by atoms with Gasteiger partial charge in [0.2, 0.25) is 5.91 Å². The number of rotatable bonds is 11. The molecule has 188 valence electrons. The van der Waals surface area contributed by atoms with Crippen LogP contribution in [-0.4, -0.2) is 57.0 Å². The Morgan fingerprint density at radius 3 is 2.06 bits per heavy atom. The average molecular weight is 493 g/mol. The van der Waals surface area contributed by atoms with Gasteiger partial charge in [0.1, 0.15) is 11.7 Å². The molecular weight excluding hydrogens is 467 g/mol. The molecule has 0 bridgehead atoms. The van der Waals surface area contributed by atoms with E-state index in [-0.39, 0.29) is 18.7 Å². The second kappa shape index (κ2) is 13.3. The van der Waals surface area contributed by atoms with Crippen molar-refractivity contribution in [1.29, 1.82) is 0 Å². The Morgan fingerprint density at radius 2 is 1.51 bits per heavy atom. The van der Waals surface area contributed by atoms with Crippen LogP contribution in [0.25, 0.3) is 6.08 Å². The van der Waals surface area contributed by atoms with Crippen molar-refractivity contribution in [2.24, 2.45) is 0 Å². The van der Waals surface area contributed by atoms with Crippen LogP contribution in [-0.2, 0) is 30.3 Å². The maximum atomic E-state index is 13.0. The molecule has 0 spiro atoms. The first-order valence-corrected chi connectivity index (χ1v) is 10.5. The molecule has 0 saturated carbocycles. The molecule has 0 radical (unpaired) electrons. The topological polar surface area (TPSA) is 106 Å². The Morgan fingerprint density at radius 1 is 0.943 bits per heavy atom. The van der Waals surface area contributed by atoms with Gasteiger partial charge in [-0.05, 0) is 17.2 Å². The molecule has 8 nitrogen and oxygen atoms in total. The molecule has 0 fully saturated rings. The number of halogens is 3. The van der Waals surface area contributed by atoms with Crippen molar-refractivity contribution < 1.29 is 37.0 Å². The lowest BCUT2D eigenvalue weighted by Crippen LogP contribution is -2.52. The van der Waals surface area contributed by atoms with Crippen molar-refractivity contribution in [3.8, 4) is 0 Å². The number of carbonyl (C=O) groups is 3. The summed E-state index contributed by atoms with van der Waals surface area (Å²) in [6.07, 6.45) is -4.83. The molecule has 1 atom stereocenters. The summed E-state index contributed by atoms with van der Waals surface area (Å²) in [5, 5.41) is 6.58. The molecule has 0 aliphatic rings. The molecule has 2 rings (SSSR count). The first kappa shape index (κ1) is 27.5. The number of alkyl halides is 3. The molecule has 0 saturated heterocycles. The van der Waals surface area contributed by atoms with Gasteiger partial charge in [-0.2, -0.15) is 13.2 Å². The summed E-state index contributed by atoms with van der Waals surface area (Å²) >= 11 is 0. The Hall–Kier alpha value is -3.70. The van der Waals surface area contributed by atoms with Gasteiger partial charge in [-0.25, -0.2) is 0 Å². The molecule has 3 N–H and O–H groups in total. The highest BCUT2D eigenvalue weighted by molar-refractivity contribution is 6.02. The van der Waals surface area contributed by atoms with E-state index in [1.165, 1.54) is 20.3 Å². The lowest BCUT2D eigenvalue weighted by atomic mass is 10.0. The summed E-state index contributed by atoms with van der Waals surface area (Å²) in [6, 6.07) is 15.1. The molecule has 2 aromatic rings. The molecule has 2 aromatic carbocycles. The molecule has 35 heavy (non-hydrogen) atoms. The highest BCUT2D eigenvalue weighted by atomic mass is 19.4. The highest BCUT2D eigenvalue weighted by Gasteiger charge is 2.41. The average Bonchev–Trinajstić information content (AvgIpc) is 2.84. The van der Waals surface area contributed by atoms with E-state index in [4.69, 9.17) is 9.47 Å². The van der Waals surface area contributed by atoms with E-state index < -0.39 is 36.2 Å². The Labute approximate surface area is 200 Å². The van der Waals surface area contributed by atoms with Gasteiger partial charge in [0.05, 0.1) is 6.54 Å². The largest absolute Gasteiger partial charge is 0.471 e. The minimum Gasteiger partial charge on any atom is -0.354 e. The van der Waals surface area contributed by atoms with Crippen LogP contribution >= 0.6 is 0 Å². The number of carbonyl (C=O) groups excluding carboxylic acids is 3. The lowest BCUT2D eigenvalue weighted by molar-refractivity contribution is -0.174. The van der Waals surface area contributed by atoms with Crippen molar-refractivity contribution in [3.05, 3.63) is 77.5 Å². The van der Waals surface area contributed by atoms with Crippen LogP contribution in [0.1, 0.15) is 11.1 Å². The van der Waals surface area contributed by atoms with E-state index in [0.29, 0.717) is 11.1 Å². The van der Waals surface area contributed by atoms with Crippen LogP contribution in [0.15, 0.2) is 66.4 Å². The summed E-state index contributed by atoms with van der Waals surface area (Å²) < 4.78 is 48.7. The predicted molar refractivity (Wildman–Crippen MR) is 122 cm³/mol. The van der Waals surface area contributed by atoms with Crippen LogP contribution < -0.4 is 16.0 Å². The fourth-order valence-electron chi connectivity index (χ4n) is 2.93. The fourth-order valence-corrected chi connectivity index (χ4v) is 2.93. The third-order valence-corrected chi connectivity index (χ3v) is 4.73. The summed E-state index contributed by atoms with van der Waals surface area (Å²) in [7, 11) is 2.75. The minimum atomic E-state index is -5.19. The van der Waals surface area contributed by atoms with E-state index in [1.807, 2.05) is 0 Å². The lowest BCUT2D eigenvalue weighted by Gasteiger charge is -2.21. The van der Waals surface area contributed by atoms with Crippen molar-refractivity contribution in [2.75, 3.05) is 20.8 Å². The number of hydrogen-bond donors (Lipinski definition) is 3. The zero-order valence-corrected chi connectivity index (χ0v) is 19.1. The van der Waals surface area contributed by atoms with Crippen LogP contribution in [0, 0.1) is 0 Å². The molecule has 0 heterocycles. The predicted octanol–water partition coefficient (Wildman–Crippen LogP) is 2.17. The molecule has 0 aliphatic heterocycles. The van der Waals surface area contributed by atoms with Crippen LogP contribution in [0.4, 0.5) is 13.2 Å². The molecule has 11 heteroatoms. The normalized spacial score (nSPS) is 12.7. The van der Waals surface area contributed by atoms with Crippen molar-refractivity contribution >= 4 is 23.8 Å². The van der Waals surface area contributed by atoms with Gasteiger partial charge >= 0.3 is 12.1 Å². The monoisotopic (exact) mass is 493 g/mol. The highest BCUT2D eigenvalue weighted by Crippen LogP contribution is 2.16. The number of methoxy groups -OCH3 is 2. The van der Waals surface area contributed by atoms with Gasteiger partial charge < -0.3 is 25.4 Å². The summed E-state index contributed by atoms with van der Waals surface area (Å²) in [5.41, 5.74) is 0.814. The Kier molecular flexibility index (Phi) is 10.4. The zero-order chi connectivity index (χ0) is 25.8. The number of ether oxygens (including phenoxy) is 2. The number of amides is 3. The third kappa shape index (κ3) is 9.22. The standard InChI is InChI=1S/C24H26F3N3O5/c1-34-20(35-2)15-28-21(31)18(13-16-9-5-3-6-10-16)29-22(32)19(30-23(33)24(25,26)27)14-17-11-7-4-8-12-17/h3-13,19-20H,14-15H2,1-2H3,(H,28,31)(H,29,32)(H,30,33). The smallest absolute Gasteiger partial charge is 0.354 e. The second-order valence-corrected chi connectivity index (χ2v) is 7.28. The van der Waals surface area contributed by atoms with Crippen molar-refractivity contribution in [3.63, 3.8) is 0 Å². The van der Waals surface area contributed by atoms with Crippen molar-refractivity contribution in [1.82, 2.24) is 16.0 Å². The van der Waals surface area contributed by atoms with Crippen LogP contribution in [0.3, 0.4) is 0 Å². The molecule has 0 aromatic heterocycles. The van der Waals surface area contributed by atoms with E-state index in [1.54, 1.807) is 66.0 Å². The van der Waals surface area contributed by atoms with Gasteiger partial charge in [0, 0.05) is 20.6 Å². The summed E-state index contributed by atoms with van der Waals surface area (Å²) in [6.45, 7) is -0.0634. The fraction of sp³-hybridized carbons (Fsp3) is 0.292. The maximum Gasteiger partial charge on any atom is 0.471 e. The Balaban J connectivity index is 2.30. The molecular formula is C24H26F3N3O5. The quantitative estimate of drug-likeness (QED) is 0.329. The molecule has 0 aliphatic carbocycles. The van der Waals surface area contributed by atoms with Crippen LogP contribution in [0.5, 0.6) is 0 Å². The van der Waals surface area contributed by atoms with Gasteiger partial charge in [0.15, 0.2) is 6.29 Å². The third-order valence-electron chi connectivity index (χ3n) is 4.73. The van der Waals surface area contributed by atoms with E-state index >= 15 is 0 Å². The number of hydrogen-bond acceptors (Lipinski definition) is 5. The first-order valence-electron chi connectivity index (χ1n) is 10.5. The summed E-state index contributed by atoms with van der Waals surface area (Å²) in [5.74, 6) is -4.00.